The summed E-state index contributed by atoms with van der Waals surface area (Å²) >= 11 is 0. The van der Waals surface area contributed by atoms with E-state index in [0.717, 1.165) is 35.8 Å². The lowest BCUT2D eigenvalue weighted by Crippen LogP contribution is -2.29. The summed E-state index contributed by atoms with van der Waals surface area (Å²) in [5.41, 5.74) is 1.78. The molecule has 1 aromatic carbocycles. The Morgan fingerprint density at radius 3 is 2.93 bits per heavy atom. The third-order valence-electron chi connectivity index (χ3n) is 4.75. The monoisotopic (exact) mass is 408 g/mol. The van der Waals surface area contributed by atoms with Crippen LogP contribution in [0.25, 0.3) is 5.95 Å². The number of hydrogen-bond donors (Lipinski definition) is 1. The van der Waals surface area contributed by atoms with Crippen LogP contribution in [-0.2, 0) is 11.2 Å². The number of benzene rings is 1. The third-order valence-corrected chi connectivity index (χ3v) is 4.75. The molecule has 9 heteroatoms. The van der Waals surface area contributed by atoms with E-state index in [-0.39, 0.29) is 12.7 Å². The molecule has 30 heavy (non-hydrogen) atoms. The van der Waals surface area contributed by atoms with Crippen molar-refractivity contribution < 1.29 is 14.3 Å². The van der Waals surface area contributed by atoms with Gasteiger partial charge in [-0.05, 0) is 31.0 Å². The molecule has 1 N–H and O–H groups in total. The van der Waals surface area contributed by atoms with Crippen LogP contribution in [0.3, 0.4) is 0 Å². The zero-order valence-electron chi connectivity index (χ0n) is 17.0. The van der Waals surface area contributed by atoms with E-state index in [1.165, 1.54) is 0 Å². The number of fused-ring (bicyclic) bond motifs is 1. The van der Waals surface area contributed by atoms with E-state index in [9.17, 15) is 4.79 Å². The predicted octanol–water partition coefficient (Wildman–Crippen LogP) is 1.88. The first-order valence-electron chi connectivity index (χ1n) is 9.79. The van der Waals surface area contributed by atoms with Gasteiger partial charge in [-0.2, -0.15) is 4.98 Å². The molecule has 1 aliphatic rings. The number of ether oxygens (including phenoxy) is 2. The Bertz CT molecular complexity index is 1020. The van der Waals surface area contributed by atoms with Gasteiger partial charge >= 0.3 is 0 Å². The number of amides is 1. The fourth-order valence-corrected chi connectivity index (χ4v) is 3.18. The van der Waals surface area contributed by atoms with Crippen LogP contribution >= 0.6 is 0 Å². The van der Waals surface area contributed by atoms with Crippen molar-refractivity contribution in [2.75, 3.05) is 31.8 Å². The Balaban J connectivity index is 1.25. The maximum absolute atomic E-state index is 12.2. The molecule has 0 radical (unpaired) electrons. The van der Waals surface area contributed by atoms with Gasteiger partial charge in [0, 0.05) is 44.3 Å². The molecule has 2 aromatic heterocycles. The van der Waals surface area contributed by atoms with Crippen molar-refractivity contribution in [3.63, 3.8) is 0 Å². The smallest absolute Gasteiger partial charge is 0.237 e. The summed E-state index contributed by atoms with van der Waals surface area (Å²) in [4.78, 5) is 27.4. The molecule has 0 unspecified atom stereocenters. The summed E-state index contributed by atoms with van der Waals surface area (Å²) in [6.45, 7) is 3.51. The number of nitrogens with one attached hydrogen (secondary N) is 1. The lowest BCUT2D eigenvalue weighted by atomic mass is 10.1. The van der Waals surface area contributed by atoms with Crippen LogP contribution < -0.4 is 19.7 Å². The van der Waals surface area contributed by atoms with Crippen molar-refractivity contribution in [2.45, 2.75) is 19.8 Å². The van der Waals surface area contributed by atoms with Gasteiger partial charge in [-0.3, -0.25) is 9.36 Å². The minimum atomic E-state index is -0.0169. The standard InChI is InChI=1S/C21H24N6O3/c1-15-10-19(25-21(24-15)27-9-7-22-13-27)26(2)8-3-6-23-20(28)12-16-4-5-17-18(11-16)30-14-29-17/h4-5,7,9-11,13H,3,6,8,12,14H2,1-2H3,(H,23,28). The first-order valence-corrected chi connectivity index (χ1v) is 9.79. The van der Waals surface area contributed by atoms with Gasteiger partial charge in [0.25, 0.3) is 0 Å². The van der Waals surface area contributed by atoms with Gasteiger partial charge in [0.05, 0.1) is 6.42 Å². The average Bonchev–Trinajstić information content (AvgIpc) is 3.42. The molecule has 156 valence electrons. The van der Waals surface area contributed by atoms with Crippen molar-refractivity contribution in [3.8, 4) is 17.4 Å². The Hall–Kier alpha value is -3.62. The topological polar surface area (TPSA) is 94.4 Å². The fourth-order valence-electron chi connectivity index (χ4n) is 3.18. The highest BCUT2D eigenvalue weighted by atomic mass is 16.7. The molecule has 0 saturated carbocycles. The number of nitrogens with zero attached hydrogens (tertiary/aromatic N) is 5. The number of carbonyl (C=O) groups excluding carboxylic acids is 1. The SMILES string of the molecule is Cc1cc(N(C)CCCNC(=O)Cc2ccc3c(c2)OCO3)nc(-n2ccnc2)n1. The van der Waals surface area contributed by atoms with Gasteiger partial charge in [-0.15, -0.1) is 0 Å². The number of imidazole rings is 1. The zero-order valence-corrected chi connectivity index (χ0v) is 17.0. The summed E-state index contributed by atoms with van der Waals surface area (Å²) in [6.07, 6.45) is 6.29. The molecule has 1 aliphatic heterocycles. The second-order valence-corrected chi connectivity index (χ2v) is 7.13. The quantitative estimate of drug-likeness (QED) is 0.569. The van der Waals surface area contributed by atoms with Crippen LogP contribution in [0.4, 0.5) is 5.82 Å². The normalized spacial score (nSPS) is 12.1. The Labute approximate surface area is 174 Å². The van der Waals surface area contributed by atoms with Gasteiger partial charge in [0.1, 0.15) is 12.1 Å². The number of carbonyl (C=O) groups is 1. The predicted molar refractivity (Wildman–Crippen MR) is 111 cm³/mol. The highest BCUT2D eigenvalue weighted by Gasteiger charge is 2.14. The molecule has 3 heterocycles. The first-order chi connectivity index (χ1) is 14.6. The van der Waals surface area contributed by atoms with Crippen molar-refractivity contribution in [1.82, 2.24) is 24.8 Å². The van der Waals surface area contributed by atoms with E-state index >= 15 is 0 Å². The van der Waals surface area contributed by atoms with E-state index < -0.39 is 0 Å². The molecule has 1 amide bonds. The second-order valence-electron chi connectivity index (χ2n) is 7.13. The maximum atomic E-state index is 12.2. The Morgan fingerprint density at radius 1 is 1.23 bits per heavy atom. The van der Waals surface area contributed by atoms with Crippen LogP contribution in [0, 0.1) is 6.92 Å². The van der Waals surface area contributed by atoms with Gasteiger partial charge in [0.2, 0.25) is 18.6 Å². The molecular formula is C21H24N6O3. The summed E-state index contributed by atoms with van der Waals surface area (Å²) in [7, 11) is 1.98. The van der Waals surface area contributed by atoms with Crippen molar-refractivity contribution >= 4 is 11.7 Å². The van der Waals surface area contributed by atoms with E-state index in [0.29, 0.717) is 24.7 Å². The number of anilines is 1. The Morgan fingerprint density at radius 2 is 2.10 bits per heavy atom. The maximum Gasteiger partial charge on any atom is 0.237 e. The van der Waals surface area contributed by atoms with E-state index in [1.807, 2.05) is 44.4 Å². The van der Waals surface area contributed by atoms with Crippen LogP contribution in [0.1, 0.15) is 17.7 Å². The lowest BCUT2D eigenvalue weighted by molar-refractivity contribution is -0.120. The van der Waals surface area contributed by atoms with Crippen LogP contribution in [0.15, 0.2) is 43.0 Å². The molecule has 0 aliphatic carbocycles. The number of rotatable bonds is 8. The molecule has 0 bridgehead atoms. The minimum absolute atomic E-state index is 0.0169. The molecule has 3 aromatic rings. The van der Waals surface area contributed by atoms with Crippen molar-refractivity contribution in [1.29, 1.82) is 0 Å². The van der Waals surface area contributed by atoms with E-state index in [1.54, 1.807) is 17.1 Å². The third kappa shape index (κ3) is 4.68. The average molecular weight is 408 g/mol. The first kappa shape index (κ1) is 19.7. The largest absolute Gasteiger partial charge is 0.454 e. The number of aryl methyl sites for hydroxylation is 1. The molecule has 0 spiro atoms. The van der Waals surface area contributed by atoms with E-state index in [2.05, 4.69) is 25.2 Å². The van der Waals surface area contributed by atoms with Crippen molar-refractivity contribution in [3.05, 3.63) is 54.2 Å². The Kier molecular flexibility index (Phi) is 5.78. The fraction of sp³-hybridized carbons (Fsp3) is 0.333. The van der Waals surface area contributed by atoms with Gasteiger partial charge < -0.3 is 19.7 Å². The summed E-state index contributed by atoms with van der Waals surface area (Å²) < 4.78 is 12.4. The molecule has 0 fully saturated rings. The van der Waals surface area contributed by atoms with Gasteiger partial charge in [-0.25, -0.2) is 9.97 Å². The van der Waals surface area contributed by atoms with Crippen LogP contribution in [0.2, 0.25) is 0 Å². The summed E-state index contributed by atoms with van der Waals surface area (Å²) in [6, 6.07) is 7.52. The molecule has 4 rings (SSSR count). The molecular weight excluding hydrogens is 384 g/mol. The molecule has 0 atom stereocenters. The summed E-state index contributed by atoms with van der Waals surface area (Å²) in [5, 5.41) is 2.97. The van der Waals surface area contributed by atoms with Gasteiger partial charge in [0.15, 0.2) is 11.5 Å². The second kappa shape index (κ2) is 8.81. The highest BCUT2D eigenvalue weighted by molar-refractivity contribution is 5.78. The molecule has 0 saturated heterocycles. The number of hydrogen-bond acceptors (Lipinski definition) is 7. The van der Waals surface area contributed by atoms with E-state index in [4.69, 9.17) is 9.47 Å². The minimum Gasteiger partial charge on any atom is -0.454 e. The van der Waals surface area contributed by atoms with Crippen LogP contribution in [-0.4, -0.2) is 52.4 Å². The summed E-state index contributed by atoms with van der Waals surface area (Å²) in [5.74, 6) is 2.82. The van der Waals surface area contributed by atoms with Gasteiger partial charge in [-0.1, -0.05) is 6.07 Å². The van der Waals surface area contributed by atoms with Crippen molar-refractivity contribution in [2.24, 2.45) is 0 Å². The van der Waals surface area contributed by atoms with Crippen LogP contribution in [0.5, 0.6) is 11.5 Å². The molecule has 9 nitrogen and oxygen atoms in total. The lowest BCUT2D eigenvalue weighted by Gasteiger charge is -2.19. The number of aromatic nitrogens is 4. The zero-order chi connectivity index (χ0) is 20.9. The highest BCUT2D eigenvalue weighted by Crippen LogP contribution is 2.32.